The Labute approximate surface area is 134 Å². The van der Waals surface area contributed by atoms with Gasteiger partial charge < -0.3 is 14.5 Å². The minimum absolute atomic E-state index is 0.231. The lowest BCUT2D eigenvalue weighted by molar-refractivity contribution is -0.736. The topological polar surface area (TPSA) is 93.4 Å². The molecule has 0 radical (unpaired) electrons. The molecule has 0 bridgehead atoms. The van der Waals surface area contributed by atoms with Gasteiger partial charge in [-0.3, -0.25) is 14.5 Å². The Bertz CT molecular complexity index is 641. The fourth-order valence-electron chi connectivity index (χ4n) is 3.95. The van der Waals surface area contributed by atoms with E-state index in [2.05, 4.69) is 0 Å². The number of imide groups is 1. The van der Waals surface area contributed by atoms with Crippen molar-refractivity contribution >= 4 is 17.8 Å². The van der Waals surface area contributed by atoms with Gasteiger partial charge in [0.1, 0.15) is 11.8 Å². The summed E-state index contributed by atoms with van der Waals surface area (Å²) in [6, 6.07) is 3.10. The molecule has 2 saturated heterocycles. The molecular formula is C16H21N2O5+. The van der Waals surface area contributed by atoms with E-state index < -0.39 is 29.4 Å². The van der Waals surface area contributed by atoms with E-state index in [0.29, 0.717) is 12.2 Å². The molecule has 2 aliphatic rings. The molecule has 23 heavy (non-hydrogen) atoms. The Morgan fingerprint density at radius 1 is 1.39 bits per heavy atom. The van der Waals surface area contributed by atoms with Crippen LogP contribution < -0.4 is 5.32 Å². The fourth-order valence-corrected chi connectivity index (χ4v) is 3.95. The predicted molar refractivity (Wildman–Crippen MR) is 77.8 cm³/mol. The highest BCUT2D eigenvalue weighted by Gasteiger charge is 2.71. The average molecular weight is 321 g/mol. The van der Waals surface area contributed by atoms with E-state index in [4.69, 9.17) is 9.15 Å². The number of ether oxygens (including phenoxy) is 1. The number of amides is 2. The van der Waals surface area contributed by atoms with Crippen LogP contribution in [0.3, 0.4) is 0 Å². The van der Waals surface area contributed by atoms with Gasteiger partial charge in [-0.1, -0.05) is 6.92 Å². The molecule has 4 atom stereocenters. The van der Waals surface area contributed by atoms with Crippen LogP contribution in [0.1, 0.15) is 32.1 Å². The van der Waals surface area contributed by atoms with Gasteiger partial charge in [0, 0.05) is 13.5 Å². The van der Waals surface area contributed by atoms with Crippen molar-refractivity contribution in [3.05, 3.63) is 24.2 Å². The van der Waals surface area contributed by atoms with Gasteiger partial charge in [0.25, 0.3) is 0 Å². The zero-order valence-electron chi connectivity index (χ0n) is 13.4. The molecule has 0 saturated carbocycles. The highest BCUT2D eigenvalue weighted by Crippen LogP contribution is 2.45. The molecule has 1 aromatic heterocycles. The summed E-state index contributed by atoms with van der Waals surface area (Å²) in [5, 5.41) is 1.79. The number of furan rings is 1. The van der Waals surface area contributed by atoms with Crippen molar-refractivity contribution in [1.82, 2.24) is 4.90 Å². The lowest BCUT2D eigenvalue weighted by atomic mass is 9.78. The normalized spacial score (nSPS) is 33.2. The number of fused-ring (bicyclic) bond motifs is 1. The van der Waals surface area contributed by atoms with Gasteiger partial charge in [-0.05, 0) is 19.1 Å². The molecule has 124 valence electrons. The maximum Gasteiger partial charge on any atom is 0.368 e. The van der Waals surface area contributed by atoms with Crippen LogP contribution in [0.25, 0.3) is 0 Å². The number of rotatable bonds is 4. The van der Waals surface area contributed by atoms with Crippen molar-refractivity contribution < 1.29 is 28.9 Å². The molecule has 0 aliphatic carbocycles. The molecular weight excluding hydrogens is 300 g/mol. The van der Waals surface area contributed by atoms with Crippen molar-refractivity contribution in [1.29, 1.82) is 0 Å². The quantitative estimate of drug-likeness (QED) is 0.614. The van der Waals surface area contributed by atoms with Gasteiger partial charge in [-0.15, -0.1) is 0 Å². The van der Waals surface area contributed by atoms with Crippen LogP contribution in [-0.2, 0) is 19.1 Å². The lowest BCUT2D eigenvalue weighted by Crippen LogP contribution is -2.98. The molecule has 3 heterocycles. The van der Waals surface area contributed by atoms with E-state index >= 15 is 0 Å². The summed E-state index contributed by atoms with van der Waals surface area (Å²) in [6.45, 7) is 3.80. The summed E-state index contributed by atoms with van der Waals surface area (Å²) in [5.74, 6) is -1.77. The molecule has 2 amide bonds. The second-order valence-electron chi connectivity index (χ2n) is 6.06. The van der Waals surface area contributed by atoms with Gasteiger partial charge in [-0.2, -0.15) is 0 Å². The lowest BCUT2D eigenvalue weighted by Gasteiger charge is -2.27. The number of likely N-dealkylation sites (tertiary alicyclic amines) is 1. The van der Waals surface area contributed by atoms with Crippen LogP contribution in [0.4, 0.5) is 0 Å². The van der Waals surface area contributed by atoms with Crippen molar-refractivity contribution in [2.24, 2.45) is 11.8 Å². The molecule has 7 nitrogen and oxygen atoms in total. The van der Waals surface area contributed by atoms with Crippen molar-refractivity contribution in [2.45, 2.75) is 31.8 Å². The Hall–Kier alpha value is -2.15. The highest BCUT2D eigenvalue weighted by atomic mass is 16.5. The molecule has 2 aliphatic heterocycles. The zero-order chi connectivity index (χ0) is 16.8. The van der Waals surface area contributed by atoms with Crippen LogP contribution in [0.5, 0.6) is 0 Å². The van der Waals surface area contributed by atoms with Gasteiger partial charge >= 0.3 is 5.97 Å². The Kier molecular flexibility index (Phi) is 3.75. The largest absolute Gasteiger partial charge is 0.463 e. The molecule has 0 spiro atoms. The second-order valence-corrected chi connectivity index (χ2v) is 6.06. The summed E-state index contributed by atoms with van der Waals surface area (Å²) >= 11 is 0. The highest BCUT2D eigenvalue weighted by molar-refractivity contribution is 6.08. The van der Waals surface area contributed by atoms with Crippen LogP contribution in [0.15, 0.2) is 22.8 Å². The minimum Gasteiger partial charge on any atom is -0.463 e. The second kappa shape index (κ2) is 5.49. The summed E-state index contributed by atoms with van der Waals surface area (Å²) in [6.07, 6.45) is 1.93. The summed E-state index contributed by atoms with van der Waals surface area (Å²) in [7, 11) is 1.47. The van der Waals surface area contributed by atoms with Gasteiger partial charge in [-0.25, -0.2) is 4.79 Å². The van der Waals surface area contributed by atoms with Crippen molar-refractivity contribution in [3.8, 4) is 0 Å². The molecule has 1 aromatic rings. The predicted octanol–water partition coefficient (Wildman–Crippen LogP) is -0.159. The SMILES string of the molecule is CCOC(=O)[C@@]1(CC)[NH2+][C@@H](c2ccco2)[C@H]2C(=O)N(C)C(=O)[C@H]21. The van der Waals surface area contributed by atoms with E-state index in [0.717, 1.165) is 4.90 Å². The van der Waals surface area contributed by atoms with E-state index in [1.165, 1.54) is 13.3 Å². The zero-order valence-corrected chi connectivity index (χ0v) is 13.4. The van der Waals surface area contributed by atoms with Crippen LogP contribution in [0, 0.1) is 11.8 Å². The Balaban J connectivity index is 2.10. The summed E-state index contributed by atoms with van der Waals surface area (Å²) in [4.78, 5) is 39.0. The number of nitrogens with zero attached hydrogens (tertiary/aromatic N) is 1. The van der Waals surface area contributed by atoms with E-state index in [9.17, 15) is 14.4 Å². The number of quaternary nitrogens is 1. The Morgan fingerprint density at radius 3 is 2.70 bits per heavy atom. The summed E-state index contributed by atoms with van der Waals surface area (Å²) in [5.41, 5.74) is -1.09. The van der Waals surface area contributed by atoms with Gasteiger partial charge in [0.15, 0.2) is 11.8 Å². The minimum atomic E-state index is -1.09. The molecule has 2 fully saturated rings. The first-order valence-corrected chi connectivity index (χ1v) is 7.86. The van der Waals surface area contributed by atoms with Crippen LogP contribution in [-0.4, -0.2) is 41.9 Å². The van der Waals surface area contributed by atoms with Gasteiger partial charge in [0.05, 0.1) is 12.9 Å². The monoisotopic (exact) mass is 321 g/mol. The van der Waals surface area contributed by atoms with Crippen LogP contribution in [0.2, 0.25) is 0 Å². The number of esters is 1. The number of carbonyl (C=O) groups is 3. The smallest absolute Gasteiger partial charge is 0.368 e. The first-order valence-electron chi connectivity index (χ1n) is 7.86. The molecule has 0 unspecified atom stereocenters. The third-order valence-corrected chi connectivity index (χ3v) is 5.10. The number of hydrogen-bond donors (Lipinski definition) is 1. The van der Waals surface area contributed by atoms with Gasteiger partial charge in [0.2, 0.25) is 17.4 Å². The number of carbonyl (C=O) groups excluding carboxylic acids is 3. The molecule has 3 rings (SSSR count). The summed E-state index contributed by atoms with van der Waals surface area (Å²) < 4.78 is 10.7. The first kappa shape index (κ1) is 15.7. The number of hydrogen-bond acceptors (Lipinski definition) is 5. The van der Waals surface area contributed by atoms with E-state index in [1.54, 1.807) is 24.4 Å². The first-order chi connectivity index (χ1) is 11.0. The van der Waals surface area contributed by atoms with Crippen molar-refractivity contribution in [2.75, 3.05) is 13.7 Å². The third kappa shape index (κ3) is 2.03. The van der Waals surface area contributed by atoms with Crippen molar-refractivity contribution in [3.63, 3.8) is 0 Å². The maximum atomic E-state index is 12.6. The molecule has 2 N–H and O–H groups in total. The molecule has 0 aromatic carbocycles. The fraction of sp³-hybridized carbons (Fsp3) is 0.562. The number of nitrogens with two attached hydrogens (primary N) is 1. The standard InChI is InChI=1S/C16H20N2O5/c1-4-16(15(21)22-5-2)11-10(13(19)18(3)14(11)20)12(17-16)9-7-6-8-23-9/h6-8,10-12,17H,4-5H2,1-3H3/p+1/t10-,11-,12-,16-/m0/s1. The molecule has 7 heteroatoms. The van der Waals surface area contributed by atoms with E-state index in [-0.39, 0.29) is 18.4 Å². The third-order valence-electron chi connectivity index (χ3n) is 5.10. The van der Waals surface area contributed by atoms with E-state index in [1.807, 2.05) is 6.92 Å². The average Bonchev–Trinajstić information content (AvgIpc) is 3.22. The van der Waals surface area contributed by atoms with Crippen LogP contribution >= 0.6 is 0 Å². The maximum absolute atomic E-state index is 12.6. The Morgan fingerprint density at radius 2 is 2.13 bits per heavy atom.